The van der Waals surface area contributed by atoms with Crippen molar-refractivity contribution in [2.75, 3.05) is 14.2 Å². The number of benzene rings is 1. The van der Waals surface area contributed by atoms with E-state index in [2.05, 4.69) is 14.0 Å². The molecule has 1 rings (SSSR count). The quantitative estimate of drug-likeness (QED) is 0.360. The van der Waals surface area contributed by atoms with Crippen LogP contribution in [0.15, 0.2) is 23.8 Å². The van der Waals surface area contributed by atoms with Crippen LogP contribution in [0.25, 0.3) is 5.57 Å². The molecular weight excluding hydrogens is 249 g/mol. The normalized spacial score (nSPS) is 11.3. The average molecular weight is 263 g/mol. The van der Waals surface area contributed by atoms with Crippen LogP contribution in [0.1, 0.15) is 12.5 Å². The molecule has 5 heteroatoms. The lowest BCUT2D eigenvalue weighted by molar-refractivity contribution is -0.135. The van der Waals surface area contributed by atoms with E-state index in [0.717, 1.165) is 5.30 Å². The molecule has 1 aromatic rings. The van der Waals surface area contributed by atoms with E-state index in [1.807, 2.05) is 18.2 Å². The topological polar surface area (TPSA) is 59.3 Å². The van der Waals surface area contributed by atoms with Crippen molar-refractivity contribution in [1.82, 2.24) is 0 Å². The number of hydrogen-bond acceptors (Lipinski definition) is 4. The molecule has 0 aromatic heterocycles. The zero-order valence-corrected chi connectivity index (χ0v) is 11.6. The van der Waals surface area contributed by atoms with Crippen molar-refractivity contribution in [3.8, 4) is 11.8 Å². The highest BCUT2D eigenvalue weighted by Crippen LogP contribution is 2.27. The Morgan fingerprint density at radius 1 is 1.39 bits per heavy atom. The first-order valence-corrected chi connectivity index (χ1v) is 5.76. The number of esters is 1. The van der Waals surface area contributed by atoms with Crippen molar-refractivity contribution in [3.05, 3.63) is 29.3 Å². The van der Waals surface area contributed by atoms with Gasteiger partial charge in [-0.15, -0.1) is 9.24 Å². The highest BCUT2D eigenvalue weighted by Gasteiger charge is 2.16. The number of nitriles is 1. The number of ether oxygens (including phenoxy) is 2. The predicted molar refractivity (Wildman–Crippen MR) is 72.6 cm³/mol. The fraction of sp³-hybridized carbons (Fsp3) is 0.231. The Kier molecular flexibility index (Phi) is 4.88. The van der Waals surface area contributed by atoms with Gasteiger partial charge in [-0.2, -0.15) is 5.26 Å². The molecular formula is C13H14NO3P. The van der Waals surface area contributed by atoms with Crippen LogP contribution in [-0.4, -0.2) is 20.2 Å². The summed E-state index contributed by atoms with van der Waals surface area (Å²) < 4.78 is 9.83. The maximum Gasteiger partial charge on any atom is 0.348 e. The maximum absolute atomic E-state index is 11.5. The molecule has 0 fully saturated rings. The summed E-state index contributed by atoms with van der Waals surface area (Å²) in [6.07, 6.45) is 0. The molecule has 0 aliphatic rings. The fourth-order valence-corrected chi connectivity index (χ4v) is 1.78. The molecule has 0 aliphatic heterocycles. The van der Waals surface area contributed by atoms with E-state index in [1.165, 1.54) is 7.11 Å². The Morgan fingerprint density at radius 2 is 2.06 bits per heavy atom. The summed E-state index contributed by atoms with van der Waals surface area (Å²) in [6.45, 7) is 1.69. The number of carbonyl (C=O) groups is 1. The predicted octanol–water partition coefficient (Wildman–Crippen LogP) is 1.67. The minimum atomic E-state index is -0.646. The molecule has 0 aliphatic carbocycles. The molecule has 1 atom stereocenters. The van der Waals surface area contributed by atoms with Crippen LogP contribution < -0.4 is 10.0 Å². The van der Waals surface area contributed by atoms with Gasteiger partial charge in [-0.05, 0) is 23.9 Å². The third kappa shape index (κ3) is 2.88. The lowest BCUT2D eigenvalue weighted by Gasteiger charge is -2.10. The van der Waals surface area contributed by atoms with Gasteiger partial charge in [0.25, 0.3) is 0 Å². The highest BCUT2D eigenvalue weighted by molar-refractivity contribution is 7.27. The van der Waals surface area contributed by atoms with Crippen LogP contribution >= 0.6 is 9.24 Å². The number of carbonyl (C=O) groups excluding carboxylic acids is 1. The van der Waals surface area contributed by atoms with Crippen LogP contribution in [0, 0.1) is 11.3 Å². The molecule has 18 heavy (non-hydrogen) atoms. The molecule has 0 saturated heterocycles. The molecule has 0 spiro atoms. The number of allylic oxidation sites excluding steroid dienone is 1. The molecule has 4 nitrogen and oxygen atoms in total. The molecule has 0 saturated carbocycles. The number of rotatable bonds is 3. The van der Waals surface area contributed by atoms with Crippen LogP contribution in [0.3, 0.4) is 0 Å². The Labute approximate surface area is 108 Å². The first-order chi connectivity index (χ1) is 8.54. The van der Waals surface area contributed by atoms with Gasteiger partial charge in [-0.1, -0.05) is 12.1 Å². The minimum absolute atomic E-state index is 0.0210. The highest BCUT2D eigenvalue weighted by atomic mass is 31.0. The van der Waals surface area contributed by atoms with Gasteiger partial charge in [0.15, 0.2) is 0 Å². The SMILES string of the molecule is COC(=O)/C(C#N)=C(/C)c1ccc(P)cc1OC. The van der Waals surface area contributed by atoms with E-state index in [9.17, 15) is 4.79 Å². The second-order valence-electron chi connectivity index (χ2n) is 3.56. The molecule has 0 amide bonds. The van der Waals surface area contributed by atoms with Crippen LogP contribution in [0.5, 0.6) is 5.75 Å². The second kappa shape index (κ2) is 6.18. The van der Waals surface area contributed by atoms with Crippen molar-refractivity contribution in [1.29, 1.82) is 5.26 Å². The Morgan fingerprint density at radius 3 is 2.56 bits per heavy atom. The number of methoxy groups -OCH3 is 2. The van der Waals surface area contributed by atoms with Crippen LogP contribution in [-0.2, 0) is 9.53 Å². The molecule has 0 N–H and O–H groups in total. The van der Waals surface area contributed by atoms with Crippen molar-refractivity contribution >= 4 is 26.1 Å². The third-order valence-corrected chi connectivity index (χ3v) is 2.87. The lowest BCUT2D eigenvalue weighted by Crippen LogP contribution is -2.06. The van der Waals surface area contributed by atoms with Gasteiger partial charge in [0.2, 0.25) is 0 Å². The van der Waals surface area contributed by atoms with Crippen molar-refractivity contribution in [2.45, 2.75) is 6.92 Å². The zero-order chi connectivity index (χ0) is 13.7. The summed E-state index contributed by atoms with van der Waals surface area (Å²) in [4.78, 5) is 11.5. The fourth-order valence-electron chi connectivity index (χ4n) is 1.54. The van der Waals surface area contributed by atoms with E-state index >= 15 is 0 Å². The van der Waals surface area contributed by atoms with Gasteiger partial charge < -0.3 is 9.47 Å². The van der Waals surface area contributed by atoms with Crippen LogP contribution in [0.4, 0.5) is 0 Å². The third-order valence-electron chi connectivity index (χ3n) is 2.51. The monoisotopic (exact) mass is 263 g/mol. The molecule has 0 bridgehead atoms. The summed E-state index contributed by atoms with van der Waals surface area (Å²) in [6, 6.07) is 7.34. The summed E-state index contributed by atoms with van der Waals surface area (Å²) in [5.74, 6) is -0.0383. The van der Waals surface area contributed by atoms with E-state index in [-0.39, 0.29) is 5.57 Å². The molecule has 1 aromatic carbocycles. The first-order valence-electron chi connectivity index (χ1n) is 5.18. The average Bonchev–Trinajstić information content (AvgIpc) is 2.38. The Balaban J connectivity index is 3.41. The summed E-state index contributed by atoms with van der Waals surface area (Å²) >= 11 is 0. The number of nitrogens with zero attached hydrogens (tertiary/aromatic N) is 1. The van der Waals surface area contributed by atoms with Crippen molar-refractivity contribution < 1.29 is 14.3 Å². The van der Waals surface area contributed by atoms with E-state index < -0.39 is 5.97 Å². The summed E-state index contributed by atoms with van der Waals surface area (Å²) in [7, 11) is 5.35. The van der Waals surface area contributed by atoms with Gasteiger partial charge in [0, 0.05) is 5.56 Å². The van der Waals surface area contributed by atoms with Gasteiger partial charge in [0.1, 0.15) is 17.4 Å². The van der Waals surface area contributed by atoms with Gasteiger partial charge in [-0.25, -0.2) is 4.79 Å². The maximum atomic E-state index is 11.5. The van der Waals surface area contributed by atoms with E-state index in [0.29, 0.717) is 16.9 Å². The molecule has 0 heterocycles. The van der Waals surface area contributed by atoms with E-state index in [1.54, 1.807) is 20.1 Å². The van der Waals surface area contributed by atoms with E-state index in [4.69, 9.17) is 10.00 Å². The Bertz CT molecular complexity index is 544. The van der Waals surface area contributed by atoms with Crippen LogP contribution in [0.2, 0.25) is 0 Å². The van der Waals surface area contributed by atoms with Gasteiger partial charge >= 0.3 is 5.97 Å². The van der Waals surface area contributed by atoms with Crippen molar-refractivity contribution in [3.63, 3.8) is 0 Å². The minimum Gasteiger partial charge on any atom is -0.496 e. The molecule has 94 valence electrons. The van der Waals surface area contributed by atoms with Crippen molar-refractivity contribution in [2.24, 2.45) is 0 Å². The summed E-state index contributed by atoms with van der Waals surface area (Å²) in [5, 5.41) is 9.98. The zero-order valence-electron chi connectivity index (χ0n) is 10.5. The van der Waals surface area contributed by atoms with Gasteiger partial charge in [0.05, 0.1) is 14.2 Å². The largest absolute Gasteiger partial charge is 0.496 e. The molecule has 0 radical (unpaired) electrons. The standard InChI is InChI=1S/C13H14NO3P/c1-8(11(7-14)13(15)17-3)10-5-4-9(18)6-12(10)16-2/h4-6H,18H2,1-3H3/b11-8-. The van der Waals surface area contributed by atoms with Gasteiger partial charge in [-0.3, -0.25) is 0 Å². The first kappa shape index (κ1) is 14.2. The second-order valence-corrected chi connectivity index (χ2v) is 4.23. The molecule has 1 unspecified atom stereocenters. The summed E-state index contributed by atoms with van der Waals surface area (Å²) in [5.41, 5.74) is 1.21. The Hall–Kier alpha value is -1.85. The number of hydrogen-bond donors (Lipinski definition) is 0. The smallest absolute Gasteiger partial charge is 0.348 e. The lowest BCUT2D eigenvalue weighted by atomic mass is 10.0.